The van der Waals surface area contributed by atoms with Crippen molar-refractivity contribution in [3.05, 3.63) is 50.9 Å². The zero-order valence-corrected chi connectivity index (χ0v) is 15.8. The van der Waals surface area contributed by atoms with Gasteiger partial charge in [-0.05, 0) is 40.2 Å². The number of para-hydroxylation sites is 1. The van der Waals surface area contributed by atoms with Crippen LogP contribution in [-0.4, -0.2) is 49.4 Å². The third-order valence-electron chi connectivity index (χ3n) is 4.02. The highest BCUT2D eigenvalue weighted by atomic mass is 79.9. The molecule has 0 radical (unpaired) electrons. The highest BCUT2D eigenvalue weighted by Gasteiger charge is 2.23. The summed E-state index contributed by atoms with van der Waals surface area (Å²) in [5.74, 6) is -0.636. The van der Waals surface area contributed by atoms with Crippen LogP contribution in [0, 0.1) is 5.82 Å². The minimum atomic E-state index is -0.256. The third kappa shape index (κ3) is 4.38. The lowest BCUT2D eigenvalue weighted by Crippen LogP contribution is -2.51. The minimum Gasteiger partial charge on any atom is -0.366 e. The molecule has 8 heteroatoms. The van der Waals surface area contributed by atoms with Crippen LogP contribution in [0.4, 0.5) is 10.1 Å². The van der Waals surface area contributed by atoms with Gasteiger partial charge in [-0.25, -0.2) is 4.39 Å². The molecule has 1 aromatic carbocycles. The summed E-state index contributed by atoms with van der Waals surface area (Å²) in [6.07, 6.45) is 0. The maximum absolute atomic E-state index is 13.8. The van der Waals surface area contributed by atoms with Crippen molar-refractivity contribution in [2.24, 2.45) is 0 Å². The van der Waals surface area contributed by atoms with Crippen molar-refractivity contribution < 1.29 is 14.0 Å². The standard InChI is InChI=1S/C17H17BrFN3O2S/c18-15-6-5-14(25-15)17(24)20-11-16(23)22-9-7-21(8-10-22)13-4-2-1-3-12(13)19/h1-6H,7-11H2,(H,20,24). The fourth-order valence-corrected chi connectivity index (χ4v) is 4.00. The molecule has 2 heterocycles. The number of nitrogens with one attached hydrogen (secondary N) is 1. The van der Waals surface area contributed by atoms with Gasteiger partial charge in [0, 0.05) is 26.2 Å². The first-order valence-electron chi connectivity index (χ1n) is 7.85. The highest BCUT2D eigenvalue weighted by Crippen LogP contribution is 2.22. The molecule has 3 rings (SSSR count). The molecule has 0 bridgehead atoms. The molecular weight excluding hydrogens is 409 g/mol. The molecule has 2 aromatic rings. The average Bonchev–Trinajstić information content (AvgIpc) is 3.06. The van der Waals surface area contributed by atoms with E-state index in [1.54, 1.807) is 35.2 Å². The summed E-state index contributed by atoms with van der Waals surface area (Å²) < 4.78 is 14.7. The van der Waals surface area contributed by atoms with Crippen molar-refractivity contribution in [1.82, 2.24) is 10.2 Å². The summed E-state index contributed by atoms with van der Waals surface area (Å²) in [5, 5.41) is 2.65. The summed E-state index contributed by atoms with van der Waals surface area (Å²) in [4.78, 5) is 28.4. The van der Waals surface area contributed by atoms with E-state index in [-0.39, 0.29) is 24.2 Å². The van der Waals surface area contributed by atoms with E-state index in [4.69, 9.17) is 0 Å². The van der Waals surface area contributed by atoms with Crippen LogP contribution in [0.2, 0.25) is 0 Å². The lowest BCUT2D eigenvalue weighted by molar-refractivity contribution is -0.130. The summed E-state index contributed by atoms with van der Waals surface area (Å²) in [6.45, 7) is 2.12. The van der Waals surface area contributed by atoms with E-state index in [1.165, 1.54) is 17.4 Å². The number of carbonyl (C=O) groups is 2. The summed E-state index contributed by atoms with van der Waals surface area (Å²) in [6, 6.07) is 10.1. The van der Waals surface area contributed by atoms with Crippen LogP contribution in [0.25, 0.3) is 0 Å². The lowest BCUT2D eigenvalue weighted by Gasteiger charge is -2.36. The number of piperazine rings is 1. The Morgan fingerprint density at radius 1 is 1.12 bits per heavy atom. The third-order valence-corrected chi connectivity index (χ3v) is 5.65. The summed E-state index contributed by atoms with van der Waals surface area (Å²) >= 11 is 4.62. The summed E-state index contributed by atoms with van der Waals surface area (Å²) in [5.41, 5.74) is 0.561. The number of anilines is 1. The average molecular weight is 426 g/mol. The van der Waals surface area contributed by atoms with Crippen molar-refractivity contribution in [3.63, 3.8) is 0 Å². The van der Waals surface area contributed by atoms with Gasteiger partial charge < -0.3 is 15.1 Å². The highest BCUT2D eigenvalue weighted by molar-refractivity contribution is 9.11. The van der Waals surface area contributed by atoms with Gasteiger partial charge in [-0.15, -0.1) is 11.3 Å². The molecular formula is C17H17BrFN3O2S. The molecule has 1 fully saturated rings. The van der Waals surface area contributed by atoms with Gasteiger partial charge in [0.05, 0.1) is 20.9 Å². The van der Waals surface area contributed by atoms with Crippen LogP contribution in [0.1, 0.15) is 9.67 Å². The molecule has 1 aliphatic heterocycles. The van der Waals surface area contributed by atoms with E-state index in [0.29, 0.717) is 36.7 Å². The van der Waals surface area contributed by atoms with E-state index in [0.717, 1.165) is 3.79 Å². The Bertz CT molecular complexity index is 775. The van der Waals surface area contributed by atoms with E-state index in [1.807, 2.05) is 4.90 Å². The molecule has 0 atom stereocenters. The number of rotatable bonds is 4. The molecule has 0 unspecified atom stereocenters. The van der Waals surface area contributed by atoms with Gasteiger partial charge in [-0.2, -0.15) is 0 Å². The Morgan fingerprint density at radius 3 is 2.48 bits per heavy atom. The van der Waals surface area contributed by atoms with Crippen LogP contribution in [-0.2, 0) is 4.79 Å². The summed E-state index contributed by atoms with van der Waals surface area (Å²) in [7, 11) is 0. The number of hydrogen-bond acceptors (Lipinski definition) is 4. The number of amides is 2. The molecule has 1 saturated heterocycles. The van der Waals surface area contributed by atoms with Crippen LogP contribution < -0.4 is 10.2 Å². The predicted molar refractivity (Wildman–Crippen MR) is 99.5 cm³/mol. The first-order valence-corrected chi connectivity index (χ1v) is 9.46. The van der Waals surface area contributed by atoms with Crippen LogP contribution in [0.5, 0.6) is 0 Å². The molecule has 0 saturated carbocycles. The molecule has 0 aliphatic carbocycles. The second-order valence-corrected chi connectivity index (χ2v) is 8.07. The Kier molecular flexibility index (Phi) is 5.70. The van der Waals surface area contributed by atoms with Crippen LogP contribution >= 0.6 is 27.3 Å². The molecule has 1 aromatic heterocycles. The zero-order chi connectivity index (χ0) is 17.8. The number of thiophene rings is 1. The largest absolute Gasteiger partial charge is 0.366 e. The number of nitrogens with zero attached hydrogens (tertiary/aromatic N) is 2. The Labute approximate surface area is 157 Å². The monoisotopic (exact) mass is 425 g/mol. The predicted octanol–water partition coefficient (Wildman–Crippen LogP) is 2.73. The zero-order valence-electron chi connectivity index (χ0n) is 13.4. The lowest BCUT2D eigenvalue weighted by atomic mass is 10.2. The van der Waals surface area contributed by atoms with E-state index in [9.17, 15) is 14.0 Å². The molecule has 1 aliphatic rings. The van der Waals surface area contributed by atoms with Gasteiger partial charge in [-0.1, -0.05) is 12.1 Å². The smallest absolute Gasteiger partial charge is 0.261 e. The molecule has 5 nitrogen and oxygen atoms in total. The second kappa shape index (κ2) is 7.97. The fourth-order valence-electron chi connectivity index (χ4n) is 2.70. The van der Waals surface area contributed by atoms with Crippen molar-refractivity contribution in [3.8, 4) is 0 Å². The second-order valence-electron chi connectivity index (χ2n) is 5.61. The first kappa shape index (κ1) is 17.9. The maximum Gasteiger partial charge on any atom is 0.261 e. The van der Waals surface area contributed by atoms with Gasteiger partial charge >= 0.3 is 0 Å². The van der Waals surface area contributed by atoms with Crippen molar-refractivity contribution in [1.29, 1.82) is 0 Å². The maximum atomic E-state index is 13.8. The fraction of sp³-hybridized carbons (Fsp3) is 0.294. The first-order chi connectivity index (χ1) is 12.0. The van der Waals surface area contributed by atoms with Crippen LogP contribution in [0.3, 0.4) is 0 Å². The van der Waals surface area contributed by atoms with Crippen molar-refractivity contribution >= 4 is 44.8 Å². The molecule has 132 valence electrons. The van der Waals surface area contributed by atoms with Gasteiger partial charge in [0.25, 0.3) is 5.91 Å². The quantitative estimate of drug-likeness (QED) is 0.818. The normalized spacial score (nSPS) is 14.5. The number of halogens is 2. The Morgan fingerprint density at radius 2 is 1.84 bits per heavy atom. The molecule has 1 N–H and O–H groups in total. The van der Waals surface area contributed by atoms with Gasteiger partial charge in [0.1, 0.15) is 5.82 Å². The SMILES string of the molecule is O=C(NCC(=O)N1CCN(c2ccccc2F)CC1)c1ccc(Br)s1. The number of carbonyl (C=O) groups excluding carboxylic acids is 2. The number of hydrogen-bond donors (Lipinski definition) is 1. The van der Waals surface area contributed by atoms with Crippen molar-refractivity contribution in [2.45, 2.75) is 0 Å². The topological polar surface area (TPSA) is 52.7 Å². The van der Waals surface area contributed by atoms with E-state index >= 15 is 0 Å². The van der Waals surface area contributed by atoms with E-state index < -0.39 is 0 Å². The van der Waals surface area contributed by atoms with E-state index in [2.05, 4.69) is 21.2 Å². The van der Waals surface area contributed by atoms with Gasteiger partial charge in [0.15, 0.2) is 0 Å². The Balaban J connectivity index is 1.48. The molecule has 2 amide bonds. The van der Waals surface area contributed by atoms with Gasteiger partial charge in [-0.3, -0.25) is 9.59 Å². The van der Waals surface area contributed by atoms with Crippen LogP contribution in [0.15, 0.2) is 40.2 Å². The molecule has 25 heavy (non-hydrogen) atoms. The Hall–Kier alpha value is -1.93. The minimum absolute atomic E-state index is 0.0337. The number of benzene rings is 1. The van der Waals surface area contributed by atoms with Gasteiger partial charge in [0.2, 0.25) is 5.91 Å². The molecule has 0 spiro atoms. The van der Waals surface area contributed by atoms with Crippen molar-refractivity contribution in [2.75, 3.05) is 37.6 Å².